The Morgan fingerprint density at radius 2 is 1.78 bits per heavy atom. The molecule has 0 amide bonds. The van der Waals surface area contributed by atoms with E-state index in [1.807, 2.05) is 36.4 Å². The molecule has 4 heterocycles. The monoisotopic (exact) mass is 475 g/mol. The van der Waals surface area contributed by atoms with Gasteiger partial charge in [0.25, 0.3) is 5.84 Å². The van der Waals surface area contributed by atoms with Crippen LogP contribution < -0.4 is 14.8 Å². The van der Waals surface area contributed by atoms with E-state index in [0.29, 0.717) is 18.2 Å². The highest BCUT2D eigenvalue weighted by atomic mass is 15.7. The van der Waals surface area contributed by atoms with Crippen molar-refractivity contribution in [3.63, 3.8) is 0 Å². The molecule has 1 atom stereocenters. The first-order valence-corrected chi connectivity index (χ1v) is 12.1. The molecule has 1 N–H and O–H groups in total. The van der Waals surface area contributed by atoms with Crippen LogP contribution in [0.4, 0.5) is 17.1 Å². The van der Waals surface area contributed by atoms with Gasteiger partial charge in [0.1, 0.15) is 5.69 Å². The lowest BCUT2D eigenvalue weighted by Gasteiger charge is -2.35. The summed E-state index contributed by atoms with van der Waals surface area (Å²) in [5.41, 5.74) is 5.82. The van der Waals surface area contributed by atoms with Gasteiger partial charge in [0.2, 0.25) is 11.5 Å². The number of nitrogens with zero attached hydrogens (tertiary/aromatic N) is 7. The van der Waals surface area contributed by atoms with Gasteiger partial charge in [-0.2, -0.15) is 4.99 Å². The fourth-order valence-corrected chi connectivity index (χ4v) is 4.92. The zero-order valence-corrected chi connectivity index (χ0v) is 20.2. The van der Waals surface area contributed by atoms with Crippen LogP contribution >= 0.6 is 0 Å². The fourth-order valence-electron chi connectivity index (χ4n) is 4.92. The molecule has 1 aromatic heterocycles. The van der Waals surface area contributed by atoms with Crippen molar-refractivity contribution < 1.29 is 0 Å². The summed E-state index contributed by atoms with van der Waals surface area (Å²) in [4.78, 5) is 13.6. The van der Waals surface area contributed by atoms with Crippen molar-refractivity contribution in [3.05, 3.63) is 89.8 Å². The molecule has 6 rings (SSSR count). The quantitative estimate of drug-likeness (QED) is 0.445. The number of nitriles is 1. The first-order chi connectivity index (χ1) is 17.7. The summed E-state index contributed by atoms with van der Waals surface area (Å²) in [6.45, 7) is 4.61. The summed E-state index contributed by atoms with van der Waals surface area (Å²) in [6, 6.07) is 18.4. The van der Waals surface area contributed by atoms with Crippen LogP contribution in [-0.4, -0.2) is 54.8 Å². The van der Waals surface area contributed by atoms with Crippen molar-refractivity contribution in [1.82, 2.24) is 14.5 Å². The van der Waals surface area contributed by atoms with Crippen molar-refractivity contribution in [3.8, 4) is 6.19 Å². The third kappa shape index (κ3) is 3.85. The van der Waals surface area contributed by atoms with E-state index in [4.69, 9.17) is 10.1 Å². The average molecular weight is 476 g/mol. The van der Waals surface area contributed by atoms with Crippen LogP contribution in [0.1, 0.15) is 16.7 Å². The topological polar surface area (TPSA) is 79.9 Å². The minimum Gasteiger partial charge on any atom is -0.376 e. The lowest BCUT2D eigenvalue weighted by molar-refractivity contribution is 0.313. The van der Waals surface area contributed by atoms with E-state index in [2.05, 4.69) is 63.7 Å². The molecule has 1 unspecified atom stereocenters. The lowest BCUT2D eigenvalue weighted by atomic mass is 10.0. The third-order valence-corrected chi connectivity index (χ3v) is 6.93. The highest BCUT2D eigenvalue weighted by Gasteiger charge is 2.49. The van der Waals surface area contributed by atoms with Gasteiger partial charge in [0.05, 0.1) is 0 Å². The first-order valence-electron chi connectivity index (χ1n) is 12.1. The Bertz CT molecular complexity index is 1410. The number of pyridine rings is 1. The Balaban J connectivity index is 1.46. The van der Waals surface area contributed by atoms with Crippen molar-refractivity contribution in [1.29, 1.82) is 5.26 Å². The number of aromatic nitrogens is 1. The summed E-state index contributed by atoms with van der Waals surface area (Å²) in [7, 11) is 2.16. The van der Waals surface area contributed by atoms with Crippen LogP contribution in [0.15, 0.2) is 83.2 Å². The van der Waals surface area contributed by atoms with Gasteiger partial charge < -0.3 is 15.1 Å². The van der Waals surface area contributed by atoms with Crippen LogP contribution in [0.2, 0.25) is 0 Å². The largest absolute Gasteiger partial charge is 0.376 e. The first kappa shape index (κ1) is 22.2. The lowest BCUT2D eigenvalue weighted by Crippen LogP contribution is -2.45. The number of quaternary nitrogens is 1. The van der Waals surface area contributed by atoms with Crippen LogP contribution in [0.25, 0.3) is 6.08 Å². The number of nitrogens with one attached hydrogen (secondary N) is 1. The summed E-state index contributed by atoms with van der Waals surface area (Å²) < 4.78 is -0.330. The Labute approximate surface area is 210 Å². The SMILES string of the molecule is CN1CCN(c2cc3c(c(NCc4ccccc4)c2)[N+]2(C#N)N=C(c4ccncc4)N=C2C=C3)CC1. The summed E-state index contributed by atoms with van der Waals surface area (Å²) in [5.74, 6) is 1.12. The van der Waals surface area contributed by atoms with Crippen LogP contribution in [0.3, 0.4) is 0 Å². The molecule has 0 saturated carbocycles. The van der Waals surface area contributed by atoms with E-state index in [9.17, 15) is 5.26 Å². The zero-order valence-electron chi connectivity index (χ0n) is 20.2. The normalized spacial score (nSPS) is 20.7. The van der Waals surface area contributed by atoms with E-state index in [1.54, 1.807) is 12.4 Å². The van der Waals surface area contributed by atoms with Gasteiger partial charge in [0, 0.05) is 68.0 Å². The molecule has 1 saturated heterocycles. The minimum atomic E-state index is -0.330. The summed E-state index contributed by atoms with van der Waals surface area (Å²) in [5, 5.41) is 19.1. The summed E-state index contributed by atoms with van der Waals surface area (Å²) in [6.07, 6.45) is 9.87. The number of anilines is 2. The number of hydrogen-bond donors (Lipinski definition) is 1. The molecule has 0 spiro atoms. The number of rotatable bonds is 5. The van der Waals surface area contributed by atoms with Gasteiger partial charge in [-0.25, -0.2) is 0 Å². The van der Waals surface area contributed by atoms with Gasteiger partial charge in [-0.3, -0.25) is 4.98 Å². The van der Waals surface area contributed by atoms with Gasteiger partial charge in [-0.15, -0.1) is 5.26 Å². The molecule has 8 nitrogen and oxygen atoms in total. The maximum atomic E-state index is 10.6. The zero-order chi connectivity index (χ0) is 24.5. The number of piperazine rings is 1. The molecule has 36 heavy (non-hydrogen) atoms. The van der Waals surface area contributed by atoms with Crippen molar-refractivity contribution in [2.24, 2.45) is 10.1 Å². The van der Waals surface area contributed by atoms with Gasteiger partial charge >= 0.3 is 6.19 Å². The van der Waals surface area contributed by atoms with E-state index in [0.717, 1.165) is 54.4 Å². The Hall–Kier alpha value is -4.32. The standard InChI is InChI=1S/C28H27N8/c1-34-13-15-35(16-14-34)24-17-23-7-8-26-32-28(22-9-11-30-12-10-22)33-36(26,20-29)27(23)25(18-24)31-19-21-5-3-2-4-6-21/h2-12,17-18,31H,13-16,19H2,1H3/q+1. The second-order valence-electron chi connectivity index (χ2n) is 9.26. The summed E-state index contributed by atoms with van der Waals surface area (Å²) >= 11 is 0. The molecule has 2 aromatic carbocycles. The van der Waals surface area contributed by atoms with E-state index in [1.165, 1.54) is 5.56 Å². The van der Waals surface area contributed by atoms with Crippen molar-refractivity contribution in [2.75, 3.05) is 43.4 Å². The maximum absolute atomic E-state index is 10.6. The number of amidine groups is 2. The number of hydrogen-bond acceptors (Lipinski definition) is 7. The molecule has 0 radical (unpaired) electrons. The average Bonchev–Trinajstić information content (AvgIpc) is 3.33. The predicted octanol–water partition coefficient (Wildman–Crippen LogP) is 4.03. The van der Waals surface area contributed by atoms with E-state index in [-0.39, 0.29) is 4.59 Å². The van der Waals surface area contributed by atoms with Gasteiger partial charge in [-0.05, 0) is 52.6 Å². The molecule has 3 aromatic rings. The smallest absolute Gasteiger partial charge is 0.351 e. The number of likely N-dealkylation sites (N-methyl/N-ethyl adjacent to an activating group) is 1. The highest BCUT2D eigenvalue weighted by molar-refractivity contribution is 6.21. The van der Waals surface area contributed by atoms with E-state index < -0.39 is 0 Å². The second-order valence-corrected chi connectivity index (χ2v) is 9.26. The van der Waals surface area contributed by atoms with Gasteiger partial charge in [0.15, 0.2) is 0 Å². The number of benzene rings is 2. The molecule has 1 fully saturated rings. The second kappa shape index (κ2) is 9.04. The minimum absolute atomic E-state index is 0.330. The Morgan fingerprint density at radius 1 is 1.00 bits per heavy atom. The molecular weight excluding hydrogens is 448 g/mol. The molecule has 8 heteroatoms. The van der Waals surface area contributed by atoms with Crippen molar-refractivity contribution in [2.45, 2.75) is 6.54 Å². The number of aliphatic imine (C=N–C) groups is 1. The van der Waals surface area contributed by atoms with Gasteiger partial charge in [-0.1, -0.05) is 30.3 Å². The number of fused-ring (bicyclic) bond motifs is 3. The van der Waals surface area contributed by atoms with E-state index >= 15 is 0 Å². The van der Waals surface area contributed by atoms with Crippen LogP contribution in [0, 0.1) is 11.5 Å². The molecule has 3 aliphatic heterocycles. The molecule has 0 aliphatic carbocycles. The highest BCUT2D eigenvalue weighted by Crippen LogP contribution is 2.45. The maximum Gasteiger partial charge on any atom is 0.351 e. The predicted molar refractivity (Wildman–Crippen MR) is 145 cm³/mol. The molecule has 3 aliphatic rings. The van der Waals surface area contributed by atoms with Crippen LogP contribution in [0.5, 0.6) is 0 Å². The third-order valence-electron chi connectivity index (χ3n) is 6.93. The Kier molecular flexibility index (Phi) is 5.56. The molecule has 178 valence electrons. The molecule has 0 bridgehead atoms. The molecular formula is C28H27N8+. The van der Waals surface area contributed by atoms with Crippen molar-refractivity contribution >= 4 is 34.8 Å². The van der Waals surface area contributed by atoms with Crippen LogP contribution in [-0.2, 0) is 6.54 Å². The fraction of sp³-hybridized carbons (Fsp3) is 0.214. The Morgan fingerprint density at radius 3 is 2.53 bits per heavy atom.